The molecular formula is C17H22O. The molecule has 0 spiro atoms. The van der Waals surface area contributed by atoms with E-state index >= 15 is 0 Å². The highest BCUT2D eigenvalue weighted by Gasteiger charge is 2.45. The average Bonchev–Trinajstić information content (AvgIpc) is 2.84. The Balaban J connectivity index is 1.96. The first-order chi connectivity index (χ1) is 8.81. The summed E-state index contributed by atoms with van der Waals surface area (Å²) in [4.78, 5) is 11.9. The summed E-state index contributed by atoms with van der Waals surface area (Å²) in [6.45, 7) is 0. The summed E-state index contributed by atoms with van der Waals surface area (Å²) in [5.74, 6) is 1.21. The maximum absolute atomic E-state index is 11.9. The number of Topliss-reactive ketones (excluding diaryl/α,β-unsaturated/α-hetero) is 1. The Labute approximate surface area is 110 Å². The molecule has 2 aliphatic carbocycles. The Bertz CT molecular complexity index is 416. The third kappa shape index (κ3) is 2.00. The predicted molar refractivity (Wildman–Crippen MR) is 73.6 cm³/mol. The normalized spacial score (nSPS) is 29.7. The minimum atomic E-state index is 0.179. The third-order valence-corrected chi connectivity index (χ3v) is 5.10. The molecule has 0 bridgehead atoms. The van der Waals surface area contributed by atoms with Gasteiger partial charge in [-0.05, 0) is 30.7 Å². The molecule has 2 saturated carbocycles. The first-order valence-electron chi connectivity index (χ1n) is 7.38. The maximum atomic E-state index is 11.9. The minimum Gasteiger partial charge on any atom is -0.300 e. The van der Waals surface area contributed by atoms with Gasteiger partial charge in [-0.15, -0.1) is 0 Å². The second-order valence-corrected chi connectivity index (χ2v) is 6.07. The lowest BCUT2D eigenvalue weighted by molar-refractivity contribution is -0.117. The SMILES string of the molecule is O=C1CC[C@](c2ccccc2)(C2CCCCC2)C1. The van der Waals surface area contributed by atoms with Crippen LogP contribution in [0.3, 0.4) is 0 Å². The van der Waals surface area contributed by atoms with E-state index in [4.69, 9.17) is 0 Å². The smallest absolute Gasteiger partial charge is 0.133 e. The van der Waals surface area contributed by atoms with E-state index in [0.717, 1.165) is 25.2 Å². The monoisotopic (exact) mass is 242 g/mol. The molecule has 0 N–H and O–H groups in total. The molecule has 0 saturated heterocycles. The Morgan fingerprint density at radius 1 is 1.00 bits per heavy atom. The van der Waals surface area contributed by atoms with E-state index in [1.165, 1.54) is 37.7 Å². The summed E-state index contributed by atoms with van der Waals surface area (Å²) >= 11 is 0. The Hall–Kier alpha value is -1.11. The molecule has 1 aromatic rings. The number of rotatable bonds is 2. The zero-order chi connectivity index (χ0) is 12.4. The van der Waals surface area contributed by atoms with E-state index in [-0.39, 0.29) is 5.41 Å². The van der Waals surface area contributed by atoms with Crippen LogP contribution in [0, 0.1) is 5.92 Å². The molecule has 0 aromatic heterocycles. The van der Waals surface area contributed by atoms with Crippen LogP contribution in [-0.4, -0.2) is 5.78 Å². The Kier molecular flexibility index (Phi) is 3.23. The summed E-state index contributed by atoms with van der Waals surface area (Å²) < 4.78 is 0. The van der Waals surface area contributed by atoms with E-state index < -0.39 is 0 Å². The summed E-state index contributed by atoms with van der Waals surface area (Å²) in [5.41, 5.74) is 1.60. The number of carbonyl (C=O) groups is 1. The van der Waals surface area contributed by atoms with Gasteiger partial charge in [0.2, 0.25) is 0 Å². The zero-order valence-electron chi connectivity index (χ0n) is 11.0. The van der Waals surface area contributed by atoms with Gasteiger partial charge in [0.05, 0.1) is 0 Å². The highest BCUT2D eigenvalue weighted by atomic mass is 16.1. The van der Waals surface area contributed by atoms with Crippen LogP contribution < -0.4 is 0 Å². The van der Waals surface area contributed by atoms with Crippen molar-refractivity contribution in [1.29, 1.82) is 0 Å². The third-order valence-electron chi connectivity index (χ3n) is 5.10. The number of carbonyl (C=O) groups excluding carboxylic acids is 1. The lowest BCUT2D eigenvalue weighted by Gasteiger charge is -2.40. The topological polar surface area (TPSA) is 17.1 Å². The second-order valence-electron chi connectivity index (χ2n) is 6.07. The van der Waals surface area contributed by atoms with Gasteiger partial charge in [0.25, 0.3) is 0 Å². The Morgan fingerprint density at radius 3 is 2.33 bits per heavy atom. The molecule has 3 rings (SSSR count). The first kappa shape index (κ1) is 12.0. The zero-order valence-corrected chi connectivity index (χ0v) is 11.0. The van der Waals surface area contributed by atoms with Crippen molar-refractivity contribution in [3.05, 3.63) is 35.9 Å². The lowest BCUT2D eigenvalue weighted by atomic mass is 9.64. The van der Waals surface area contributed by atoms with Crippen molar-refractivity contribution in [3.63, 3.8) is 0 Å². The molecule has 96 valence electrons. The second kappa shape index (κ2) is 4.87. The molecule has 1 nitrogen and oxygen atoms in total. The van der Waals surface area contributed by atoms with Crippen LogP contribution in [0.4, 0.5) is 0 Å². The van der Waals surface area contributed by atoms with E-state index in [1.807, 2.05) is 0 Å². The van der Waals surface area contributed by atoms with E-state index in [1.54, 1.807) is 0 Å². The van der Waals surface area contributed by atoms with Gasteiger partial charge in [0.15, 0.2) is 0 Å². The van der Waals surface area contributed by atoms with Crippen molar-refractivity contribution in [3.8, 4) is 0 Å². The summed E-state index contributed by atoms with van der Waals surface area (Å²) in [6, 6.07) is 10.8. The molecule has 2 aliphatic rings. The molecule has 0 radical (unpaired) electrons. The van der Waals surface area contributed by atoms with Crippen LogP contribution in [0.5, 0.6) is 0 Å². The van der Waals surface area contributed by atoms with Crippen LogP contribution in [0.1, 0.15) is 56.9 Å². The summed E-state index contributed by atoms with van der Waals surface area (Å²) in [5, 5.41) is 0. The maximum Gasteiger partial charge on any atom is 0.133 e. The van der Waals surface area contributed by atoms with Crippen LogP contribution in [-0.2, 0) is 10.2 Å². The first-order valence-corrected chi connectivity index (χ1v) is 7.38. The molecular weight excluding hydrogens is 220 g/mol. The minimum absolute atomic E-state index is 0.179. The molecule has 2 fully saturated rings. The van der Waals surface area contributed by atoms with Crippen LogP contribution in [0.15, 0.2) is 30.3 Å². The summed E-state index contributed by atoms with van der Waals surface area (Å²) in [7, 11) is 0. The van der Waals surface area contributed by atoms with Crippen LogP contribution >= 0.6 is 0 Å². The quantitative estimate of drug-likeness (QED) is 0.757. The van der Waals surface area contributed by atoms with Crippen molar-refractivity contribution in [2.75, 3.05) is 0 Å². The molecule has 0 aliphatic heterocycles. The van der Waals surface area contributed by atoms with Crippen molar-refractivity contribution >= 4 is 5.78 Å². The Morgan fingerprint density at radius 2 is 1.72 bits per heavy atom. The molecule has 1 atom stereocenters. The summed E-state index contributed by atoms with van der Waals surface area (Å²) in [6.07, 6.45) is 9.41. The number of ketones is 1. The molecule has 1 aromatic carbocycles. The number of hydrogen-bond donors (Lipinski definition) is 0. The van der Waals surface area contributed by atoms with Gasteiger partial charge in [-0.2, -0.15) is 0 Å². The predicted octanol–water partition coefficient (Wildman–Crippen LogP) is 4.26. The number of benzene rings is 1. The van der Waals surface area contributed by atoms with Gasteiger partial charge in [0, 0.05) is 18.3 Å². The van der Waals surface area contributed by atoms with Gasteiger partial charge in [-0.3, -0.25) is 4.79 Å². The van der Waals surface area contributed by atoms with E-state index in [0.29, 0.717) is 5.78 Å². The largest absolute Gasteiger partial charge is 0.300 e. The van der Waals surface area contributed by atoms with Gasteiger partial charge < -0.3 is 0 Å². The van der Waals surface area contributed by atoms with Crippen LogP contribution in [0.25, 0.3) is 0 Å². The fourth-order valence-electron chi connectivity index (χ4n) is 4.15. The van der Waals surface area contributed by atoms with Gasteiger partial charge >= 0.3 is 0 Å². The van der Waals surface area contributed by atoms with E-state index in [2.05, 4.69) is 30.3 Å². The molecule has 0 amide bonds. The van der Waals surface area contributed by atoms with Crippen molar-refractivity contribution in [2.24, 2.45) is 5.92 Å². The highest BCUT2D eigenvalue weighted by molar-refractivity contribution is 5.83. The van der Waals surface area contributed by atoms with E-state index in [9.17, 15) is 4.79 Å². The lowest BCUT2D eigenvalue weighted by Crippen LogP contribution is -2.34. The van der Waals surface area contributed by atoms with Gasteiger partial charge in [-0.25, -0.2) is 0 Å². The number of hydrogen-bond acceptors (Lipinski definition) is 1. The molecule has 0 heterocycles. The highest BCUT2D eigenvalue weighted by Crippen LogP contribution is 2.50. The fraction of sp³-hybridized carbons (Fsp3) is 0.588. The molecule has 0 unspecified atom stereocenters. The van der Waals surface area contributed by atoms with Crippen molar-refractivity contribution in [2.45, 2.75) is 56.8 Å². The fourth-order valence-corrected chi connectivity index (χ4v) is 4.15. The van der Waals surface area contributed by atoms with Crippen molar-refractivity contribution in [1.82, 2.24) is 0 Å². The van der Waals surface area contributed by atoms with Gasteiger partial charge in [-0.1, -0.05) is 49.6 Å². The van der Waals surface area contributed by atoms with Gasteiger partial charge in [0.1, 0.15) is 5.78 Å². The molecule has 18 heavy (non-hydrogen) atoms. The van der Waals surface area contributed by atoms with Crippen molar-refractivity contribution < 1.29 is 4.79 Å². The molecule has 1 heteroatoms. The standard InChI is InChI=1S/C17H22O/c18-16-11-12-17(13-16,14-7-3-1-4-8-14)15-9-5-2-6-10-15/h1,3-4,7-8,15H,2,5-6,9-13H2/t17-/m0/s1. The average molecular weight is 242 g/mol. The van der Waals surface area contributed by atoms with Crippen LogP contribution in [0.2, 0.25) is 0 Å².